The lowest BCUT2D eigenvalue weighted by atomic mass is 9.79. The monoisotopic (exact) mass is 464 g/mol. The number of amides is 1. The quantitative estimate of drug-likeness (QED) is 0.534. The summed E-state index contributed by atoms with van der Waals surface area (Å²) in [5.41, 5.74) is 2.42. The van der Waals surface area contributed by atoms with E-state index in [9.17, 15) is 13.2 Å². The standard InChI is InChI=1S/C24H33ClN2O3S/c1-18(17-24(3,4)20-11-7-6-8-12-20)26-23(28)15-10-16-27(31(5,29)30)22-14-9-13-21(25)19(22)2/h6-9,11-14,18H,10,15-17H2,1-5H3,(H,26,28)/t18-/m0/s1. The zero-order chi connectivity index (χ0) is 23.2. The van der Waals surface area contributed by atoms with Gasteiger partial charge in [0.1, 0.15) is 0 Å². The normalized spacial score (nSPS) is 13.0. The highest BCUT2D eigenvalue weighted by Crippen LogP contribution is 2.29. The fourth-order valence-electron chi connectivity index (χ4n) is 3.89. The van der Waals surface area contributed by atoms with Crippen molar-refractivity contribution in [2.24, 2.45) is 0 Å². The SMILES string of the molecule is Cc1c(Cl)cccc1N(CCCC(=O)N[C@@H](C)CC(C)(C)c1ccccc1)S(C)(=O)=O. The maximum Gasteiger partial charge on any atom is 0.232 e. The Morgan fingerprint density at radius 1 is 1.13 bits per heavy atom. The predicted octanol–water partition coefficient (Wildman–Crippen LogP) is 5.07. The summed E-state index contributed by atoms with van der Waals surface area (Å²) in [5.74, 6) is -0.0763. The van der Waals surface area contributed by atoms with Crippen LogP contribution in [0.25, 0.3) is 0 Å². The third-order valence-corrected chi connectivity index (χ3v) is 7.04. The first-order valence-electron chi connectivity index (χ1n) is 10.5. The average Bonchev–Trinajstić information content (AvgIpc) is 2.67. The minimum Gasteiger partial charge on any atom is -0.354 e. The number of carbonyl (C=O) groups is 1. The summed E-state index contributed by atoms with van der Waals surface area (Å²) in [5, 5.41) is 3.56. The maximum atomic E-state index is 12.5. The molecule has 0 aliphatic rings. The van der Waals surface area contributed by atoms with Crippen molar-refractivity contribution in [2.75, 3.05) is 17.1 Å². The topological polar surface area (TPSA) is 66.5 Å². The fraction of sp³-hybridized carbons (Fsp3) is 0.458. The van der Waals surface area contributed by atoms with Gasteiger partial charge in [-0.2, -0.15) is 0 Å². The van der Waals surface area contributed by atoms with E-state index < -0.39 is 10.0 Å². The van der Waals surface area contributed by atoms with E-state index in [-0.39, 0.29) is 30.3 Å². The minimum atomic E-state index is -3.49. The largest absolute Gasteiger partial charge is 0.354 e. The Hall–Kier alpha value is -2.05. The number of nitrogens with one attached hydrogen (secondary N) is 1. The lowest BCUT2D eigenvalue weighted by Gasteiger charge is -2.29. The van der Waals surface area contributed by atoms with Gasteiger partial charge in [-0.1, -0.05) is 61.8 Å². The summed E-state index contributed by atoms with van der Waals surface area (Å²) in [4.78, 5) is 12.5. The van der Waals surface area contributed by atoms with Crippen molar-refractivity contribution < 1.29 is 13.2 Å². The number of anilines is 1. The lowest BCUT2D eigenvalue weighted by Crippen LogP contribution is -2.38. The summed E-state index contributed by atoms with van der Waals surface area (Å²) in [7, 11) is -3.49. The highest BCUT2D eigenvalue weighted by molar-refractivity contribution is 7.92. The van der Waals surface area contributed by atoms with Gasteiger partial charge in [0.2, 0.25) is 15.9 Å². The van der Waals surface area contributed by atoms with Crippen molar-refractivity contribution in [1.82, 2.24) is 5.32 Å². The molecule has 0 aromatic heterocycles. The number of sulfonamides is 1. The van der Waals surface area contributed by atoms with Crippen molar-refractivity contribution in [3.8, 4) is 0 Å². The van der Waals surface area contributed by atoms with Gasteiger partial charge in [-0.15, -0.1) is 0 Å². The first kappa shape index (κ1) is 25.2. The molecule has 0 aliphatic heterocycles. The van der Waals surface area contributed by atoms with Gasteiger partial charge in [-0.05, 0) is 55.4 Å². The molecular weight excluding hydrogens is 432 g/mol. The number of hydrogen-bond acceptors (Lipinski definition) is 3. The van der Waals surface area contributed by atoms with E-state index in [1.807, 2.05) is 25.1 Å². The molecular formula is C24H33ClN2O3S. The first-order valence-corrected chi connectivity index (χ1v) is 12.7. The fourth-order valence-corrected chi connectivity index (χ4v) is 5.07. The average molecular weight is 465 g/mol. The van der Waals surface area contributed by atoms with E-state index in [4.69, 9.17) is 11.6 Å². The molecule has 0 unspecified atom stereocenters. The Balaban J connectivity index is 1.93. The number of halogens is 1. The van der Waals surface area contributed by atoms with Crippen molar-refractivity contribution in [3.63, 3.8) is 0 Å². The van der Waals surface area contributed by atoms with E-state index in [2.05, 4.69) is 31.3 Å². The molecule has 170 valence electrons. The van der Waals surface area contributed by atoms with Crippen LogP contribution in [0.3, 0.4) is 0 Å². The van der Waals surface area contributed by atoms with Gasteiger partial charge in [0.15, 0.2) is 0 Å². The van der Waals surface area contributed by atoms with Crippen molar-refractivity contribution in [1.29, 1.82) is 0 Å². The lowest BCUT2D eigenvalue weighted by molar-refractivity contribution is -0.121. The van der Waals surface area contributed by atoms with Crippen LogP contribution in [0.1, 0.15) is 51.2 Å². The van der Waals surface area contributed by atoms with Gasteiger partial charge in [0.05, 0.1) is 11.9 Å². The molecule has 0 heterocycles. The van der Waals surface area contributed by atoms with Gasteiger partial charge >= 0.3 is 0 Å². The van der Waals surface area contributed by atoms with Gasteiger partial charge in [0, 0.05) is 24.0 Å². The van der Waals surface area contributed by atoms with Crippen LogP contribution in [0.4, 0.5) is 5.69 Å². The molecule has 0 aliphatic carbocycles. The molecule has 0 bridgehead atoms. The molecule has 0 radical (unpaired) electrons. The van der Waals surface area contributed by atoms with Crippen LogP contribution in [-0.2, 0) is 20.2 Å². The Kier molecular flexibility index (Phi) is 8.55. The molecule has 5 nitrogen and oxygen atoms in total. The van der Waals surface area contributed by atoms with Crippen LogP contribution >= 0.6 is 11.6 Å². The Labute approximate surface area is 191 Å². The van der Waals surface area contributed by atoms with Gasteiger partial charge < -0.3 is 5.32 Å². The van der Waals surface area contributed by atoms with Crippen LogP contribution in [-0.4, -0.2) is 33.2 Å². The molecule has 2 aromatic rings. The Bertz CT molecular complexity index is 991. The van der Waals surface area contributed by atoms with Crippen LogP contribution in [0.2, 0.25) is 5.02 Å². The second-order valence-electron chi connectivity index (χ2n) is 8.75. The summed E-state index contributed by atoms with van der Waals surface area (Å²) < 4.78 is 26.0. The Morgan fingerprint density at radius 2 is 1.77 bits per heavy atom. The molecule has 0 spiro atoms. The second-order valence-corrected chi connectivity index (χ2v) is 11.1. The van der Waals surface area contributed by atoms with E-state index in [1.165, 1.54) is 16.1 Å². The van der Waals surface area contributed by atoms with E-state index in [1.54, 1.807) is 25.1 Å². The maximum absolute atomic E-state index is 12.5. The predicted molar refractivity (Wildman–Crippen MR) is 129 cm³/mol. The van der Waals surface area contributed by atoms with Crippen molar-refractivity contribution >= 4 is 33.2 Å². The summed E-state index contributed by atoms with van der Waals surface area (Å²) >= 11 is 6.16. The molecule has 1 N–H and O–H groups in total. The highest BCUT2D eigenvalue weighted by atomic mass is 35.5. The number of nitrogens with zero attached hydrogens (tertiary/aromatic N) is 1. The van der Waals surface area contributed by atoms with Crippen molar-refractivity contribution in [2.45, 2.75) is 58.4 Å². The number of hydrogen-bond donors (Lipinski definition) is 1. The number of benzene rings is 2. The molecule has 1 amide bonds. The molecule has 1 atom stereocenters. The van der Waals surface area contributed by atoms with Crippen LogP contribution < -0.4 is 9.62 Å². The summed E-state index contributed by atoms with van der Waals surface area (Å²) in [6, 6.07) is 15.4. The zero-order valence-corrected chi connectivity index (χ0v) is 20.6. The summed E-state index contributed by atoms with van der Waals surface area (Å²) in [6.45, 7) is 8.35. The number of rotatable bonds is 10. The third kappa shape index (κ3) is 7.25. The van der Waals surface area contributed by atoms with Crippen LogP contribution in [0.15, 0.2) is 48.5 Å². The Morgan fingerprint density at radius 3 is 2.39 bits per heavy atom. The third-order valence-electron chi connectivity index (χ3n) is 5.45. The smallest absolute Gasteiger partial charge is 0.232 e. The second kappa shape index (κ2) is 10.5. The minimum absolute atomic E-state index is 0.00360. The van der Waals surface area contributed by atoms with E-state index in [0.717, 1.165) is 6.42 Å². The molecule has 31 heavy (non-hydrogen) atoms. The van der Waals surface area contributed by atoms with E-state index in [0.29, 0.717) is 22.7 Å². The highest BCUT2D eigenvalue weighted by Gasteiger charge is 2.24. The molecule has 0 fully saturated rings. The molecule has 7 heteroatoms. The van der Waals surface area contributed by atoms with Crippen LogP contribution in [0, 0.1) is 6.92 Å². The number of carbonyl (C=O) groups excluding carboxylic acids is 1. The molecule has 2 aromatic carbocycles. The first-order chi connectivity index (χ1) is 14.4. The van der Waals surface area contributed by atoms with Crippen LogP contribution in [0.5, 0.6) is 0 Å². The molecule has 0 saturated carbocycles. The zero-order valence-electron chi connectivity index (χ0n) is 19.0. The molecule has 2 rings (SSSR count). The summed E-state index contributed by atoms with van der Waals surface area (Å²) in [6.07, 6.45) is 2.64. The molecule has 0 saturated heterocycles. The van der Waals surface area contributed by atoms with Gasteiger partial charge in [0.25, 0.3) is 0 Å². The van der Waals surface area contributed by atoms with E-state index >= 15 is 0 Å². The van der Waals surface area contributed by atoms with Gasteiger partial charge in [-0.25, -0.2) is 8.42 Å². The van der Waals surface area contributed by atoms with Crippen molar-refractivity contribution in [3.05, 3.63) is 64.7 Å². The van der Waals surface area contributed by atoms with Gasteiger partial charge in [-0.3, -0.25) is 9.10 Å².